The molecule has 0 aliphatic carbocycles. The Bertz CT molecular complexity index is 783. The maximum absolute atomic E-state index is 12.6. The monoisotopic (exact) mass is 381 g/mol. The Morgan fingerprint density at radius 2 is 1.64 bits per heavy atom. The zero-order valence-electron chi connectivity index (χ0n) is 17.2. The summed E-state index contributed by atoms with van der Waals surface area (Å²) in [6, 6.07) is 17.6. The minimum absolute atomic E-state index is 0.0461. The Morgan fingerprint density at radius 1 is 1.04 bits per heavy atom. The molecule has 0 radical (unpaired) electrons. The summed E-state index contributed by atoms with van der Waals surface area (Å²) in [7, 11) is 4.00. The van der Waals surface area contributed by atoms with Gasteiger partial charge < -0.3 is 16.0 Å². The third-order valence-electron chi connectivity index (χ3n) is 5.13. The zero-order chi connectivity index (χ0) is 20.7. The summed E-state index contributed by atoms with van der Waals surface area (Å²) >= 11 is 0. The van der Waals surface area contributed by atoms with Crippen LogP contribution >= 0.6 is 0 Å². The number of rotatable bonds is 9. The van der Waals surface area contributed by atoms with Gasteiger partial charge in [0.1, 0.15) is 0 Å². The Balaban J connectivity index is 1.93. The molecule has 2 aromatic rings. The molecule has 0 heterocycles. The van der Waals surface area contributed by atoms with Gasteiger partial charge in [-0.2, -0.15) is 0 Å². The molecule has 0 aliphatic heterocycles. The molecule has 1 atom stereocenters. The average molecular weight is 382 g/mol. The summed E-state index contributed by atoms with van der Waals surface area (Å²) in [6.07, 6.45) is 1.21. The fourth-order valence-electron chi connectivity index (χ4n) is 3.20. The van der Waals surface area contributed by atoms with E-state index in [0.717, 1.165) is 17.5 Å². The van der Waals surface area contributed by atoms with Gasteiger partial charge in [0.15, 0.2) is 0 Å². The van der Waals surface area contributed by atoms with Gasteiger partial charge in [-0.3, -0.25) is 9.59 Å². The van der Waals surface area contributed by atoms with Gasteiger partial charge in [-0.25, -0.2) is 0 Å². The molecule has 0 saturated heterocycles. The van der Waals surface area contributed by atoms with Crippen molar-refractivity contribution < 1.29 is 9.59 Å². The minimum Gasteiger partial charge on any atom is -0.366 e. The number of hydrogen-bond acceptors (Lipinski definition) is 3. The number of nitrogens with one attached hydrogen (secondary N) is 1. The Kier molecular flexibility index (Phi) is 7.35. The molecule has 0 aromatic heterocycles. The lowest BCUT2D eigenvalue weighted by Crippen LogP contribution is -2.42. The van der Waals surface area contributed by atoms with Crippen LogP contribution in [0.5, 0.6) is 0 Å². The first-order valence-electron chi connectivity index (χ1n) is 9.56. The van der Waals surface area contributed by atoms with Gasteiger partial charge in [-0.15, -0.1) is 0 Å². The first kappa shape index (κ1) is 21.6. The molecule has 0 aliphatic rings. The highest BCUT2D eigenvalue weighted by atomic mass is 16.2. The molecule has 0 fully saturated rings. The van der Waals surface area contributed by atoms with E-state index in [2.05, 4.69) is 36.2 Å². The van der Waals surface area contributed by atoms with Crippen molar-refractivity contribution in [2.75, 3.05) is 20.6 Å². The molecule has 28 heavy (non-hydrogen) atoms. The van der Waals surface area contributed by atoms with Crippen molar-refractivity contribution in [1.82, 2.24) is 10.2 Å². The number of carbonyl (C=O) groups is 2. The maximum atomic E-state index is 12.6. The Labute approximate surface area is 167 Å². The van der Waals surface area contributed by atoms with Gasteiger partial charge >= 0.3 is 0 Å². The van der Waals surface area contributed by atoms with Crippen molar-refractivity contribution in [3.8, 4) is 0 Å². The highest BCUT2D eigenvalue weighted by Crippen LogP contribution is 2.26. The van der Waals surface area contributed by atoms with Crippen LogP contribution in [0.4, 0.5) is 0 Å². The predicted molar refractivity (Wildman–Crippen MR) is 113 cm³/mol. The summed E-state index contributed by atoms with van der Waals surface area (Å²) in [5.74, 6) is -0.381. The van der Waals surface area contributed by atoms with Crippen molar-refractivity contribution in [1.29, 1.82) is 0 Å². The molecule has 3 N–H and O–H groups in total. The number of nitrogens with zero attached hydrogens (tertiary/aromatic N) is 1. The highest BCUT2D eigenvalue weighted by molar-refractivity contribution is 5.92. The Morgan fingerprint density at radius 3 is 2.18 bits per heavy atom. The number of primary amides is 1. The van der Waals surface area contributed by atoms with Crippen LogP contribution in [0.2, 0.25) is 0 Å². The first-order chi connectivity index (χ1) is 13.2. The highest BCUT2D eigenvalue weighted by Gasteiger charge is 2.24. The molecule has 0 spiro atoms. The van der Waals surface area contributed by atoms with Crippen LogP contribution in [-0.2, 0) is 16.6 Å². The summed E-state index contributed by atoms with van der Waals surface area (Å²) in [5.41, 5.74) is 7.83. The summed E-state index contributed by atoms with van der Waals surface area (Å²) in [5, 5.41) is 3.09. The molecule has 0 saturated carbocycles. The fourth-order valence-corrected chi connectivity index (χ4v) is 3.20. The third kappa shape index (κ3) is 6.20. The molecule has 5 heteroatoms. The molecule has 150 valence electrons. The predicted octanol–water partition coefficient (Wildman–Crippen LogP) is 2.74. The van der Waals surface area contributed by atoms with E-state index in [1.807, 2.05) is 44.4 Å². The smallest absolute Gasteiger partial charge is 0.248 e. The summed E-state index contributed by atoms with van der Waals surface area (Å²) in [6.45, 7) is 4.74. The van der Waals surface area contributed by atoms with Crippen molar-refractivity contribution in [3.05, 3.63) is 71.3 Å². The molecular weight excluding hydrogens is 350 g/mol. The molecule has 0 bridgehead atoms. The first-order valence-corrected chi connectivity index (χ1v) is 9.56. The van der Waals surface area contributed by atoms with Crippen molar-refractivity contribution in [2.24, 2.45) is 5.73 Å². The van der Waals surface area contributed by atoms with E-state index in [0.29, 0.717) is 18.5 Å². The van der Waals surface area contributed by atoms with Crippen LogP contribution in [0.1, 0.15) is 41.8 Å². The van der Waals surface area contributed by atoms with Gasteiger partial charge in [0, 0.05) is 24.6 Å². The Hall–Kier alpha value is -2.66. The number of carbonyl (C=O) groups excluding carboxylic acids is 2. The zero-order valence-corrected chi connectivity index (χ0v) is 17.2. The van der Waals surface area contributed by atoms with Crippen LogP contribution < -0.4 is 11.1 Å². The van der Waals surface area contributed by atoms with E-state index in [-0.39, 0.29) is 17.4 Å². The number of benzene rings is 2. The normalized spacial score (nSPS) is 12.6. The maximum Gasteiger partial charge on any atom is 0.248 e. The van der Waals surface area contributed by atoms with Crippen molar-refractivity contribution in [2.45, 2.75) is 38.1 Å². The van der Waals surface area contributed by atoms with Crippen LogP contribution in [-0.4, -0.2) is 43.4 Å². The van der Waals surface area contributed by atoms with Gasteiger partial charge in [0.2, 0.25) is 11.8 Å². The molecule has 5 nitrogen and oxygen atoms in total. The minimum atomic E-state index is -0.427. The van der Waals surface area contributed by atoms with E-state index in [1.54, 1.807) is 12.1 Å². The number of hydrogen-bond donors (Lipinski definition) is 2. The van der Waals surface area contributed by atoms with E-state index >= 15 is 0 Å². The van der Waals surface area contributed by atoms with Gasteiger partial charge in [0.05, 0.1) is 0 Å². The number of nitrogens with two attached hydrogens (primary N) is 1. The SMILES string of the molecule is CN(C)[C@H](CNC(=O)CC(C)(C)c1ccccc1)Cc1ccc(C(N)=O)cc1. The lowest BCUT2D eigenvalue weighted by molar-refractivity contribution is -0.122. The number of likely N-dealkylation sites (N-methyl/N-ethyl adjacent to an activating group) is 1. The molecular formula is C23H31N3O2. The largest absolute Gasteiger partial charge is 0.366 e. The topological polar surface area (TPSA) is 75.4 Å². The van der Waals surface area contributed by atoms with E-state index < -0.39 is 5.91 Å². The second kappa shape index (κ2) is 9.51. The third-order valence-corrected chi connectivity index (χ3v) is 5.13. The van der Waals surface area contributed by atoms with E-state index in [1.165, 1.54) is 0 Å². The fraction of sp³-hybridized carbons (Fsp3) is 0.391. The molecule has 2 amide bonds. The second-order valence-corrected chi connectivity index (χ2v) is 8.11. The van der Waals surface area contributed by atoms with Crippen molar-refractivity contribution in [3.63, 3.8) is 0 Å². The summed E-state index contributed by atoms with van der Waals surface area (Å²) < 4.78 is 0. The number of amides is 2. The molecule has 0 unspecified atom stereocenters. The van der Waals surface area contributed by atoms with E-state index in [9.17, 15) is 9.59 Å². The van der Waals surface area contributed by atoms with Gasteiger partial charge in [0.25, 0.3) is 0 Å². The van der Waals surface area contributed by atoms with Crippen LogP contribution in [0.3, 0.4) is 0 Å². The average Bonchev–Trinajstić information content (AvgIpc) is 2.65. The van der Waals surface area contributed by atoms with Crippen LogP contribution in [0.15, 0.2) is 54.6 Å². The lowest BCUT2D eigenvalue weighted by Gasteiger charge is -2.27. The van der Waals surface area contributed by atoms with E-state index in [4.69, 9.17) is 5.73 Å². The second-order valence-electron chi connectivity index (χ2n) is 8.11. The van der Waals surface area contributed by atoms with Crippen molar-refractivity contribution >= 4 is 11.8 Å². The molecule has 2 aromatic carbocycles. The van der Waals surface area contributed by atoms with Gasteiger partial charge in [-0.1, -0.05) is 56.3 Å². The standard InChI is InChI=1S/C23H31N3O2/c1-23(2,19-8-6-5-7-9-19)15-21(27)25-16-20(26(3)4)14-17-10-12-18(13-11-17)22(24)28/h5-13,20H,14-16H2,1-4H3,(H2,24,28)(H,25,27)/t20-/m0/s1. The van der Waals surface area contributed by atoms with Crippen LogP contribution in [0, 0.1) is 0 Å². The summed E-state index contributed by atoms with van der Waals surface area (Å²) in [4.78, 5) is 25.9. The van der Waals surface area contributed by atoms with Gasteiger partial charge in [-0.05, 0) is 49.2 Å². The lowest BCUT2D eigenvalue weighted by atomic mass is 9.81. The molecule has 2 rings (SSSR count). The quantitative estimate of drug-likeness (QED) is 0.701. The van der Waals surface area contributed by atoms with Crippen LogP contribution in [0.25, 0.3) is 0 Å².